The summed E-state index contributed by atoms with van der Waals surface area (Å²) in [6, 6.07) is 0.288. The molecule has 2 aliphatic heterocycles. The van der Waals surface area contributed by atoms with Gasteiger partial charge in [0, 0.05) is 49.9 Å². The molecule has 0 aromatic carbocycles. The van der Waals surface area contributed by atoms with Crippen molar-refractivity contribution in [3.05, 3.63) is 17.1 Å². The van der Waals surface area contributed by atoms with Crippen molar-refractivity contribution in [2.24, 2.45) is 5.92 Å². The molecule has 0 unspecified atom stereocenters. The van der Waals surface area contributed by atoms with Gasteiger partial charge in [-0.1, -0.05) is 26.7 Å². The molecule has 4 rings (SSSR count). The van der Waals surface area contributed by atoms with Crippen molar-refractivity contribution in [1.82, 2.24) is 15.3 Å². The lowest BCUT2D eigenvalue weighted by Gasteiger charge is -2.35. The molecule has 1 aliphatic carbocycles. The average Bonchev–Trinajstić information content (AvgIpc) is 3.13. The van der Waals surface area contributed by atoms with Crippen molar-refractivity contribution >= 4 is 11.7 Å². The van der Waals surface area contributed by atoms with Crippen LogP contribution >= 0.6 is 0 Å². The Hall–Kier alpha value is -1.69. The molecule has 0 atom stereocenters. The number of rotatable bonds is 5. The minimum atomic E-state index is 0.190. The summed E-state index contributed by atoms with van der Waals surface area (Å²) in [4.78, 5) is 24.7. The predicted octanol–water partition coefficient (Wildman–Crippen LogP) is 3.38. The van der Waals surface area contributed by atoms with Gasteiger partial charge in [-0.3, -0.25) is 4.79 Å². The van der Waals surface area contributed by atoms with E-state index in [1.807, 2.05) is 0 Å². The van der Waals surface area contributed by atoms with Crippen molar-refractivity contribution < 1.29 is 9.53 Å². The molecule has 3 aliphatic rings. The third kappa shape index (κ3) is 5.08. The van der Waals surface area contributed by atoms with Crippen molar-refractivity contribution in [1.29, 1.82) is 0 Å². The number of ether oxygens (including phenoxy) is 1. The molecular weight excluding hydrogens is 364 g/mol. The second-order valence-corrected chi connectivity index (χ2v) is 9.35. The zero-order valence-corrected chi connectivity index (χ0v) is 18.1. The maximum atomic E-state index is 12.1. The topological polar surface area (TPSA) is 67.4 Å². The number of hydrogen-bond donors (Lipinski definition) is 1. The number of amides is 1. The average molecular weight is 401 g/mol. The van der Waals surface area contributed by atoms with Gasteiger partial charge >= 0.3 is 0 Å². The van der Waals surface area contributed by atoms with Gasteiger partial charge in [-0.25, -0.2) is 9.97 Å². The molecule has 0 radical (unpaired) electrons. The fourth-order valence-electron chi connectivity index (χ4n) is 4.96. The summed E-state index contributed by atoms with van der Waals surface area (Å²) in [6.45, 7) is 7.59. The summed E-state index contributed by atoms with van der Waals surface area (Å²) in [7, 11) is 0. The highest BCUT2D eigenvalue weighted by atomic mass is 16.5. The van der Waals surface area contributed by atoms with E-state index in [4.69, 9.17) is 14.7 Å². The Kier molecular flexibility index (Phi) is 6.68. The van der Waals surface area contributed by atoms with Crippen LogP contribution in [-0.2, 0) is 22.4 Å². The van der Waals surface area contributed by atoms with Gasteiger partial charge in [0.1, 0.15) is 11.6 Å². The van der Waals surface area contributed by atoms with E-state index in [1.165, 1.54) is 36.9 Å². The van der Waals surface area contributed by atoms with Gasteiger partial charge in [0.15, 0.2) is 0 Å². The summed E-state index contributed by atoms with van der Waals surface area (Å²) < 4.78 is 5.74. The Bertz CT molecular complexity index is 707. The summed E-state index contributed by atoms with van der Waals surface area (Å²) >= 11 is 0. The molecule has 1 saturated heterocycles. The van der Waals surface area contributed by atoms with Crippen molar-refractivity contribution in [2.45, 2.75) is 83.6 Å². The maximum absolute atomic E-state index is 12.1. The lowest BCUT2D eigenvalue weighted by atomic mass is 10.0. The zero-order chi connectivity index (χ0) is 20.2. The number of carbonyl (C=O) groups excluding carboxylic acids is 1. The molecule has 0 bridgehead atoms. The lowest BCUT2D eigenvalue weighted by Crippen LogP contribution is -2.45. The van der Waals surface area contributed by atoms with Crippen molar-refractivity contribution in [3.8, 4) is 0 Å². The Labute approximate surface area is 174 Å². The Balaban J connectivity index is 1.49. The smallest absolute Gasteiger partial charge is 0.220 e. The number of hydrogen-bond acceptors (Lipinski definition) is 5. The number of nitrogens with zero attached hydrogens (tertiary/aromatic N) is 3. The van der Waals surface area contributed by atoms with Gasteiger partial charge < -0.3 is 15.0 Å². The summed E-state index contributed by atoms with van der Waals surface area (Å²) in [6.07, 6.45) is 9.42. The summed E-state index contributed by atoms with van der Waals surface area (Å²) in [5.41, 5.74) is 2.51. The lowest BCUT2D eigenvalue weighted by molar-refractivity contribution is -0.122. The van der Waals surface area contributed by atoms with Crippen LogP contribution in [0.3, 0.4) is 0 Å². The highest BCUT2D eigenvalue weighted by molar-refractivity contribution is 5.76. The first kappa shape index (κ1) is 20.6. The molecule has 6 nitrogen and oxygen atoms in total. The molecule has 160 valence electrons. The largest absolute Gasteiger partial charge is 0.381 e. The maximum Gasteiger partial charge on any atom is 0.220 e. The minimum Gasteiger partial charge on any atom is -0.381 e. The number of fused-ring (bicyclic) bond motifs is 1. The molecule has 1 aromatic heterocycles. The van der Waals surface area contributed by atoms with Crippen molar-refractivity contribution in [3.63, 3.8) is 0 Å². The molecule has 1 aromatic rings. The number of nitrogens with one attached hydrogen (secondary N) is 1. The Morgan fingerprint density at radius 2 is 1.83 bits per heavy atom. The van der Waals surface area contributed by atoms with Crippen LogP contribution in [0, 0.1) is 5.92 Å². The van der Waals surface area contributed by atoms with Crippen LogP contribution < -0.4 is 10.2 Å². The Morgan fingerprint density at radius 3 is 2.55 bits per heavy atom. The number of aromatic nitrogens is 2. The molecule has 0 spiro atoms. The molecule has 6 heteroatoms. The summed E-state index contributed by atoms with van der Waals surface area (Å²) in [5, 5.41) is 3.23. The fourth-order valence-corrected chi connectivity index (χ4v) is 4.96. The standard InChI is InChI=1S/C23H36N4O2/c1-16(2)15-21(28)24-18-7-11-27(12-8-18)23-19-9-13-29-14-10-20(19)25-22(26-23)17-5-3-4-6-17/h16-18H,3-15H2,1-2H3,(H,24,28). The van der Waals surface area contributed by atoms with Crippen LogP contribution in [0.1, 0.15) is 81.8 Å². The molecule has 1 amide bonds. The number of anilines is 1. The van der Waals surface area contributed by atoms with Crippen LogP contribution in [0.25, 0.3) is 0 Å². The van der Waals surface area contributed by atoms with E-state index >= 15 is 0 Å². The van der Waals surface area contributed by atoms with Gasteiger partial charge in [-0.2, -0.15) is 0 Å². The third-order valence-corrected chi connectivity index (χ3v) is 6.54. The van der Waals surface area contributed by atoms with Gasteiger partial charge in [-0.15, -0.1) is 0 Å². The van der Waals surface area contributed by atoms with Crippen molar-refractivity contribution in [2.75, 3.05) is 31.2 Å². The predicted molar refractivity (Wildman–Crippen MR) is 114 cm³/mol. The van der Waals surface area contributed by atoms with E-state index in [-0.39, 0.29) is 11.9 Å². The van der Waals surface area contributed by atoms with Crippen LogP contribution in [0.5, 0.6) is 0 Å². The van der Waals surface area contributed by atoms with E-state index in [1.54, 1.807) is 0 Å². The molecule has 1 saturated carbocycles. The zero-order valence-electron chi connectivity index (χ0n) is 18.1. The highest BCUT2D eigenvalue weighted by Gasteiger charge is 2.28. The number of carbonyl (C=O) groups is 1. The second kappa shape index (κ2) is 9.41. The van der Waals surface area contributed by atoms with E-state index in [2.05, 4.69) is 24.1 Å². The summed E-state index contributed by atoms with van der Waals surface area (Å²) in [5.74, 6) is 3.33. The van der Waals surface area contributed by atoms with Gasteiger partial charge in [-0.05, 0) is 31.6 Å². The van der Waals surface area contributed by atoms with Gasteiger partial charge in [0.05, 0.1) is 18.9 Å². The normalized spacial score (nSPS) is 21.3. The molecule has 3 heterocycles. The van der Waals surface area contributed by atoms with E-state index in [0.717, 1.165) is 63.6 Å². The Morgan fingerprint density at radius 1 is 1.10 bits per heavy atom. The second-order valence-electron chi connectivity index (χ2n) is 9.35. The van der Waals surface area contributed by atoms with Crippen LogP contribution in [0.15, 0.2) is 0 Å². The molecule has 29 heavy (non-hydrogen) atoms. The van der Waals surface area contributed by atoms with E-state index < -0.39 is 0 Å². The minimum absolute atomic E-state index is 0.190. The van der Waals surface area contributed by atoms with Gasteiger partial charge in [0.25, 0.3) is 0 Å². The van der Waals surface area contributed by atoms with Crippen LogP contribution in [0.2, 0.25) is 0 Å². The van der Waals surface area contributed by atoms with Crippen LogP contribution in [-0.4, -0.2) is 48.2 Å². The quantitative estimate of drug-likeness (QED) is 0.821. The molecular formula is C23H36N4O2. The van der Waals surface area contributed by atoms with Gasteiger partial charge in [0.2, 0.25) is 5.91 Å². The first-order valence-electron chi connectivity index (χ1n) is 11.6. The fraction of sp³-hybridized carbons (Fsp3) is 0.783. The first-order valence-corrected chi connectivity index (χ1v) is 11.6. The van der Waals surface area contributed by atoms with Crippen LogP contribution in [0.4, 0.5) is 5.82 Å². The monoisotopic (exact) mass is 400 g/mol. The SMILES string of the molecule is CC(C)CC(=O)NC1CCN(c2nc(C3CCCC3)nc3c2CCOCC3)CC1. The van der Waals surface area contributed by atoms with E-state index in [9.17, 15) is 4.79 Å². The third-order valence-electron chi connectivity index (χ3n) is 6.54. The highest BCUT2D eigenvalue weighted by Crippen LogP contribution is 2.35. The molecule has 2 fully saturated rings. The van der Waals surface area contributed by atoms with E-state index in [0.29, 0.717) is 18.3 Å². The molecule has 1 N–H and O–H groups in total. The number of piperidine rings is 1. The first-order chi connectivity index (χ1) is 14.1.